The fourth-order valence-electron chi connectivity index (χ4n) is 1.92. The number of fused-ring (bicyclic) bond motifs is 1. The summed E-state index contributed by atoms with van der Waals surface area (Å²) in [6, 6.07) is 7.15. The van der Waals surface area contributed by atoms with E-state index in [-0.39, 0.29) is 11.7 Å². The Hall–Kier alpha value is -1.76. The van der Waals surface area contributed by atoms with Crippen molar-refractivity contribution >= 4 is 57.7 Å². The van der Waals surface area contributed by atoms with E-state index in [1.807, 2.05) is 19.1 Å². The summed E-state index contributed by atoms with van der Waals surface area (Å²) < 4.78 is 0. The summed E-state index contributed by atoms with van der Waals surface area (Å²) in [4.78, 5) is 23.5. The van der Waals surface area contributed by atoms with Crippen molar-refractivity contribution in [3.05, 3.63) is 46.1 Å². The molecule has 2 aromatic heterocycles. The minimum atomic E-state index is -0.138. The van der Waals surface area contributed by atoms with Crippen molar-refractivity contribution in [2.24, 2.45) is 0 Å². The van der Waals surface area contributed by atoms with Crippen LogP contribution in [0.2, 0.25) is 10.0 Å². The van der Waals surface area contributed by atoms with Gasteiger partial charge in [0.05, 0.1) is 16.3 Å². The zero-order valence-corrected chi connectivity index (χ0v) is 14.4. The smallest absolute Gasteiger partial charge is 0.234 e. The third-order valence-corrected chi connectivity index (χ3v) is 4.57. The molecule has 5 nitrogen and oxygen atoms in total. The van der Waals surface area contributed by atoms with Gasteiger partial charge in [0.15, 0.2) is 10.8 Å². The molecular weight excluding hydrogens is 355 g/mol. The third-order valence-electron chi connectivity index (χ3n) is 3.08. The summed E-state index contributed by atoms with van der Waals surface area (Å²) in [7, 11) is 0. The number of benzene rings is 1. The number of aryl methyl sites for hydroxylation is 1. The highest BCUT2D eigenvalue weighted by Crippen LogP contribution is 2.22. The van der Waals surface area contributed by atoms with Crippen molar-refractivity contribution in [1.29, 1.82) is 0 Å². The second-order valence-electron chi connectivity index (χ2n) is 4.87. The largest absolute Gasteiger partial charge is 0.331 e. The molecular formula is C15H12Cl2N4OS. The monoisotopic (exact) mass is 366 g/mol. The van der Waals surface area contributed by atoms with Crippen LogP contribution in [-0.2, 0) is 4.79 Å². The molecule has 2 heterocycles. The Morgan fingerprint density at radius 1 is 1.35 bits per heavy atom. The minimum absolute atomic E-state index is 0.138. The predicted molar refractivity (Wildman–Crippen MR) is 94.4 cm³/mol. The molecule has 0 atom stereocenters. The van der Waals surface area contributed by atoms with Gasteiger partial charge >= 0.3 is 0 Å². The van der Waals surface area contributed by atoms with Gasteiger partial charge in [-0.05, 0) is 30.7 Å². The highest BCUT2D eigenvalue weighted by molar-refractivity contribution is 7.99. The number of imidazole rings is 1. The lowest BCUT2D eigenvalue weighted by atomic mass is 10.2. The number of carbonyl (C=O) groups excluding carboxylic acids is 1. The van der Waals surface area contributed by atoms with Crippen LogP contribution in [0.25, 0.3) is 11.2 Å². The van der Waals surface area contributed by atoms with E-state index in [0.29, 0.717) is 26.5 Å². The molecule has 3 rings (SSSR count). The van der Waals surface area contributed by atoms with Crippen LogP contribution in [0.1, 0.15) is 5.56 Å². The van der Waals surface area contributed by atoms with E-state index in [1.54, 1.807) is 12.1 Å². The van der Waals surface area contributed by atoms with Gasteiger partial charge in [-0.1, -0.05) is 41.0 Å². The number of hydrogen-bond donors (Lipinski definition) is 2. The van der Waals surface area contributed by atoms with Crippen molar-refractivity contribution in [3.8, 4) is 0 Å². The lowest BCUT2D eigenvalue weighted by Gasteiger charge is -2.06. The number of amides is 1. The van der Waals surface area contributed by atoms with Crippen molar-refractivity contribution in [2.45, 2.75) is 12.1 Å². The van der Waals surface area contributed by atoms with Gasteiger partial charge in [-0.2, -0.15) is 0 Å². The number of rotatable bonds is 4. The first-order valence-electron chi connectivity index (χ1n) is 6.71. The molecule has 0 aliphatic carbocycles. The topological polar surface area (TPSA) is 70.7 Å². The van der Waals surface area contributed by atoms with Gasteiger partial charge in [0.2, 0.25) is 5.91 Å². The van der Waals surface area contributed by atoms with E-state index in [4.69, 9.17) is 23.2 Å². The molecule has 0 spiro atoms. The van der Waals surface area contributed by atoms with E-state index < -0.39 is 0 Å². The van der Waals surface area contributed by atoms with Crippen molar-refractivity contribution in [2.75, 3.05) is 11.1 Å². The molecule has 23 heavy (non-hydrogen) atoms. The highest BCUT2D eigenvalue weighted by atomic mass is 35.5. The number of aromatic amines is 1. The maximum Gasteiger partial charge on any atom is 0.234 e. The molecule has 0 saturated heterocycles. The number of pyridine rings is 1. The number of halogens is 2. The lowest BCUT2D eigenvalue weighted by molar-refractivity contribution is -0.113. The Morgan fingerprint density at radius 2 is 2.17 bits per heavy atom. The molecule has 2 N–H and O–H groups in total. The van der Waals surface area contributed by atoms with Gasteiger partial charge < -0.3 is 10.3 Å². The first-order chi connectivity index (χ1) is 11.0. The summed E-state index contributed by atoms with van der Waals surface area (Å²) in [6.07, 6.45) is 1.53. The van der Waals surface area contributed by atoms with Crippen LogP contribution < -0.4 is 5.32 Å². The molecule has 3 aromatic rings. The van der Waals surface area contributed by atoms with Crippen LogP contribution in [0.4, 0.5) is 5.69 Å². The predicted octanol–water partition coefficient (Wildman–Crippen LogP) is 4.30. The number of hydrogen-bond acceptors (Lipinski definition) is 4. The van der Waals surface area contributed by atoms with Crippen molar-refractivity contribution in [1.82, 2.24) is 15.0 Å². The maximum absolute atomic E-state index is 12.0. The molecule has 0 saturated carbocycles. The number of anilines is 1. The molecule has 0 fully saturated rings. The fraction of sp³-hybridized carbons (Fsp3) is 0.133. The molecule has 1 aromatic carbocycles. The molecule has 1 amide bonds. The Bertz CT molecular complexity index is 881. The Labute approximate surface area is 146 Å². The average Bonchev–Trinajstić information content (AvgIpc) is 2.91. The number of nitrogens with zero attached hydrogens (tertiary/aromatic N) is 2. The summed E-state index contributed by atoms with van der Waals surface area (Å²) in [6.45, 7) is 1.91. The zero-order chi connectivity index (χ0) is 16.4. The second kappa shape index (κ2) is 6.78. The number of H-pyrrole nitrogens is 1. The molecule has 8 heteroatoms. The highest BCUT2D eigenvalue weighted by Gasteiger charge is 2.09. The van der Waals surface area contributed by atoms with E-state index in [0.717, 1.165) is 11.1 Å². The lowest BCUT2D eigenvalue weighted by Crippen LogP contribution is -2.14. The number of nitrogens with one attached hydrogen (secondary N) is 2. The quantitative estimate of drug-likeness (QED) is 0.675. The van der Waals surface area contributed by atoms with Gasteiger partial charge in [0, 0.05) is 16.9 Å². The van der Waals surface area contributed by atoms with Crippen LogP contribution in [0.3, 0.4) is 0 Å². The van der Waals surface area contributed by atoms with Crippen LogP contribution in [-0.4, -0.2) is 26.6 Å². The van der Waals surface area contributed by atoms with Gasteiger partial charge in [-0.3, -0.25) is 4.79 Å². The van der Waals surface area contributed by atoms with Crippen LogP contribution in [0.15, 0.2) is 35.6 Å². The molecule has 0 radical (unpaired) electrons. The second-order valence-corrected chi connectivity index (χ2v) is 6.68. The van der Waals surface area contributed by atoms with Crippen molar-refractivity contribution in [3.63, 3.8) is 0 Å². The molecule has 0 aliphatic rings. The Balaban J connectivity index is 1.62. The molecule has 118 valence electrons. The van der Waals surface area contributed by atoms with Gasteiger partial charge in [0.1, 0.15) is 0 Å². The summed E-state index contributed by atoms with van der Waals surface area (Å²) in [5.41, 5.74) is 2.95. The summed E-state index contributed by atoms with van der Waals surface area (Å²) in [5.74, 6) is 0.0837. The Kier molecular flexibility index (Phi) is 4.75. The minimum Gasteiger partial charge on any atom is -0.331 e. The molecule has 0 unspecified atom stereocenters. The number of aromatic nitrogens is 3. The zero-order valence-electron chi connectivity index (χ0n) is 12.1. The fourth-order valence-corrected chi connectivity index (χ4v) is 2.93. The summed E-state index contributed by atoms with van der Waals surface area (Å²) >= 11 is 13.2. The molecule has 0 aliphatic heterocycles. The van der Waals surface area contributed by atoms with E-state index in [2.05, 4.69) is 20.3 Å². The maximum atomic E-state index is 12.0. The standard InChI is InChI=1S/C15H12Cl2N4OS/c1-8-2-3-10(5-11(8)17)19-13(22)7-23-15-20-12-4-9(16)6-18-14(12)21-15/h2-6H,7H2,1H3,(H,19,22)(H,18,20,21). The van der Waals surface area contributed by atoms with E-state index >= 15 is 0 Å². The van der Waals surface area contributed by atoms with Crippen LogP contribution in [0, 0.1) is 6.92 Å². The average molecular weight is 367 g/mol. The van der Waals surface area contributed by atoms with E-state index in [9.17, 15) is 4.79 Å². The first kappa shape index (κ1) is 16.1. The van der Waals surface area contributed by atoms with Crippen LogP contribution >= 0.6 is 35.0 Å². The van der Waals surface area contributed by atoms with Gasteiger partial charge in [-0.25, -0.2) is 9.97 Å². The normalized spacial score (nSPS) is 10.9. The number of thioether (sulfide) groups is 1. The number of carbonyl (C=O) groups is 1. The first-order valence-corrected chi connectivity index (χ1v) is 8.45. The SMILES string of the molecule is Cc1ccc(NC(=O)CSc2nc3ncc(Cl)cc3[nH]2)cc1Cl. The van der Waals surface area contributed by atoms with Gasteiger partial charge in [0.25, 0.3) is 0 Å². The van der Waals surface area contributed by atoms with E-state index in [1.165, 1.54) is 18.0 Å². The third kappa shape index (κ3) is 3.96. The van der Waals surface area contributed by atoms with Crippen molar-refractivity contribution < 1.29 is 4.79 Å². The summed E-state index contributed by atoms with van der Waals surface area (Å²) in [5, 5.41) is 4.57. The van der Waals surface area contributed by atoms with Crippen LogP contribution in [0.5, 0.6) is 0 Å². The molecule has 0 bridgehead atoms. The van der Waals surface area contributed by atoms with Gasteiger partial charge in [-0.15, -0.1) is 0 Å². The Morgan fingerprint density at radius 3 is 2.96 bits per heavy atom.